The molecule has 0 radical (unpaired) electrons. The molecular formula is C15H17BrClNS. The Morgan fingerprint density at radius 2 is 2.05 bits per heavy atom. The molecule has 1 heterocycles. The Bertz CT molecular complexity index is 526. The lowest BCUT2D eigenvalue weighted by Gasteiger charge is -2.18. The molecule has 0 saturated carbocycles. The second-order valence-electron chi connectivity index (χ2n) is 4.44. The summed E-state index contributed by atoms with van der Waals surface area (Å²) in [7, 11) is 0. The van der Waals surface area contributed by atoms with Gasteiger partial charge in [0.25, 0.3) is 0 Å². The summed E-state index contributed by atoms with van der Waals surface area (Å²) in [6.45, 7) is 4.11. The van der Waals surface area contributed by atoms with Crippen LogP contribution in [0.3, 0.4) is 0 Å². The summed E-state index contributed by atoms with van der Waals surface area (Å²) in [5.41, 5.74) is 1.35. The molecule has 0 amide bonds. The van der Waals surface area contributed by atoms with Gasteiger partial charge >= 0.3 is 0 Å². The van der Waals surface area contributed by atoms with Crippen molar-refractivity contribution in [1.29, 1.82) is 0 Å². The molecular weight excluding hydrogens is 342 g/mol. The zero-order valence-electron chi connectivity index (χ0n) is 10.8. The van der Waals surface area contributed by atoms with Gasteiger partial charge in [-0.15, -0.1) is 11.3 Å². The molecule has 0 spiro atoms. The van der Waals surface area contributed by atoms with Gasteiger partial charge in [0.05, 0.1) is 4.34 Å². The van der Waals surface area contributed by atoms with E-state index in [9.17, 15) is 0 Å². The molecule has 1 N–H and O–H groups in total. The van der Waals surface area contributed by atoms with Crippen LogP contribution in [0.2, 0.25) is 4.34 Å². The number of nitrogens with one attached hydrogen (secondary N) is 1. The molecule has 19 heavy (non-hydrogen) atoms. The van der Waals surface area contributed by atoms with E-state index in [4.69, 9.17) is 11.6 Å². The molecule has 1 atom stereocenters. The van der Waals surface area contributed by atoms with Gasteiger partial charge in [-0.3, -0.25) is 0 Å². The van der Waals surface area contributed by atoms with Gasteiger partial charge in [-0.1, -0.05) is 52.7 Å². The summed E-state index contributed by atoms with van der Waals surface area (Å²) in [5.74, 6) is 0.463. The average Bonchev–Trinajstić information content (AvgIpc) is 2.81. The third-order valence-corrected chi connectivity index (χ3v) is 5.04. The van der Waals surface area contributed by atoms with E-state index < -0.39 is 0 Å². The predicted octanol–water partition coefficient (Wildman–Crippen LogP) is 5.10. The van der Waals surface area contributed by atoms with Crippen LogP contribution < -0.4 is 5.32 Å². The number of hydrogen-bond acceptors (Lipinski definition) is 2. The van der Waals surface area contributed by atoms with Crippen LogP contribution in [0.5, 0.6) is 0 Å². The molecule has 0 aliphatic rings. The molecule has 0 bridgehead atoms. The first kappa shape index (κ1) is 15.0. The number of rotatable bonds is 6. The molecule has 0 aliphatic carbocycles. The zero-order valence-corrected chi connectivity index (χ0v) is 14.0. The summed E-state index contributed by atoms with van der Waals surface area (Å²) < 4.78 is 2.05. The Morgan fingerprint density at radius 3 is 2.68 bits per heavy atom. The molecule has 0 saturated heterocycles. The predicted molar refractivity (Wildman–Crippen MR) is 88.5 cm³/mol. The number of halogens is 2. The lowest BCUT2D eigenvalue weighted by atomic mass is 9.95. The van der Waals surface area contributed by atoms with Crippen LogP contribution in [0.4, 0.5) is 0 Å². The fraction of sp³-hybridized carbons (Fsp3) is 0.333. The Balaban J connectivity index is 2.18. The van der Waals surface area contributed by atoms with Gasteiger partial charge in [-0.05, 0) is 36.7 Å². The van der Waals surface area contributed by atoms with Crippen LogP contribution >= 0.6 is 38.9 Å². The zero-order chi connectivity index (χ0) is 13.7. The van der Waals surface area contributed by atoms with Crippen molar-refractivity contribution >= 4 is 38.9 Å². The van der Waals surface area contributed by atoms with Crippen molar-refractivity contribution in [2.24, 2.45) is 0 Å². The van der Waals surface area contributed by atoms with Crippen LogP contribution in [-0.2, 0) is 6.42 Å². The molecule has 1 aromatic heterocycles. The highest BCUT2D eigenvalue weighted by Crippen LogP contribution is 2.31. The average molecular weight is 359 g/mol. The minimum Gasteiger partial charge on any atom is -0.316 e. The highest BCUT2D eigenvalue weighted by Gasteiger charge is 2.15. The molecule has 1 unspecified atom stereocenters. The van der Waals surface area contributed by atoms with E-state index >= 15 is 0 Å². The minimum atomic E-state index is 0.463. The van der Waals surface area contributed by atoms with E-state index in [0.717, 1.165) is 23.8 Å². The maximum atomic E-state index is 6.02. The third kappa shape index (κ3) is 4.32. The van der Waals surface area contributed by atoms with Crippen molar-refractivity contribution in [2.75, 3.05) is 13.1 Å². The molecule has 2 rings (SSSR count). The van der Waals surface area contributed by atoms with E-state index in [-0.39, 0.29) is 0 Å². The lowest BCUT2D eigenvalue weighted by Crippen LogP contribution is -2.22. The Labute approximate surface area is 132 Å². The van der Waals surface area contributed by atoms with Gasteiger partial charge in [0.15, 0.2) is 0 Å². The Kier molecular flexibility index (Phi) is 5.89. The first-order valence-corrected chi connectivity index (χ1v) is 8.38. The maximum absolute atomic E-state index is 6.02. The molecule has 1 nitrogen and oxygen atoms in total. The van der Waals surface area contributed by atoms with Gasteiger partial charge in [-0.2, -0.15) is 0 Å². The van der Waals surface area contributed by atoms with Crippen molar-refractivity contribution < 1.29 is 0 Å². The smallest absolute Gasteiger partial charge is 0.0931 e. The van der Waals surface area contributed by atoms with Crippen molar-refractivity contribution in [2.45, 2.75) is 19.3 Å². The van der Waals surface area contributed by atoms with E-state index in [1.165, 1.54) is 14.9 Å². The minimum absolute atomic E-state index is 0.463. The second kappa shape index (κ2) is 7.44. The standard InChI is InChI=1S/C15H17BrClNS/c1-2-18-10-11(9-12-7-8-15(17)19-12)13-5-3-4-6-14(13)16/h3-8,11,18H,2,9-10H2,1H3. The first-order valence-electron chi connectivity index (χ1n) is 6.40. The van der Waals surface area contributed by atoms with E-state index in [0.29, 0.717) is 5.92 Å². The number of benzene rings is 1. The maximum Gasteiger partial charge on any atom is 0.0931 e. The highest BCUT2D eigenvalue weighted by molar-refractivity contribution is 9.10. The summed E-state index contributed by atoms with van der Waals surface area (Å²) in [6.07, 6.45) is 1.02. The third-order valence-electron chi connectivity index (χ3n) is 3.06. The number of hydrogen-bond donors (Lipinski definition) is 1. The highest BCUT2D eigenvalue weighted by atomic mass is 79.9. The molecule has 4 heteroatoms. The molecule has 1 aromatic carbocycles. The van der Waals surface area contributed by atoms with Gasteiger partial charge in [0, 0.05) is 21.8 Å². The summed E-state index contributed by atoms with van der Waals surface area (Å²) in [5, 5.41) is 3.45. The van der Waals surface area contributed by atoms with Crippen molar-refractivity contribution in [3.63, 3.8) is 0 Å². The summed E-state index contributed by atoms with van der Waals surface area (Å²) in [4.78, 5) is 1.34. The number of thiophene rings is 1. The van der Waals surface area contributed by atoms with E-state index in [2.05, 4.69) is 58.5 Å². The fourth-order valence-corrected chi connectivity index (χ4v) is 3.90. The largest absolute Gasteiger partial charge is 0.316 e. The van der Waals surface area contributed by atoms with Gasteiger partial charge < -0.3 is 5.32 Å². The van der Waals surface area contributed by atoms with Crippen LogP contribution in [-0.4, -0.2) is 13.1 Å². The van der Waals surface area contributed by atoms with Gasteiger partial charge in [0.1, 0.15) is 0 Å². The lowest BCUT2D eigenvalue weighted by molar-refractivity contribution is 0.596. The second-order valence-corrected chi connectivity index (χ2v) is 7.09. The quantitative estimate of drug-likeness (QED) is 0.757. The Hall–Kier alpha value is -0.350. The van der Waals surface area contributed by atoms with E-state index in [1.54, 1.807) is 11.3 Å². The SMILES string of the molecule is CCNCC(Cc1ccc(Cl)s1)c1ccccc1Br. The van der Waals surface area contributed by atoms with Crippen LogP contribution in [0, 0.1) is 0 Å². The van der Waals surface area contributed by atoms with Gasteiger partial charge in [-0.25, -0.2) is 0 Å². The Morgan fingerprint density at radius 1 is 1.26 bits per heavy atom. The van der Waals surface area contributed by atoms with Gasteiger partial charge in [0.2, 0.25) is 0 Å². The van der Waals surface area contributed by atoms with Crippen molar-refractivity contribution in [3.8, 4) is 0 Å². The first-order chi connectivity index (χ1) is 9.20. The molecule has 102 valence electrons. The van der Waals surface area contributed by atoms with Crippen molar-refractivity contribution in [1.82, 2.24) is 5.32 Å². The molecule has 0 aliphatic heterocycles. The van der Waals surface area contributed by atoms with E-state index in [1.807, 2.05) is 6.07 Å². The monoisotopic (exact) mass is 357 g/mol. The fourth-order valence-electron chi connectivity index (χ4n) is 2.12. The summed E-state index contributed by atoms with van der Waals surface area (Å²) >= 11 is 11.3. The van der Waals surface area contributed by atoms with Crippen LogP contribution in [0.15, 0.2) is 40.9 Å². The molecule has 0 fully saturated rings. The van der Waals surface area contributed by atoms with Crippen molar-refractivity contribution in [3.05, 3.63) is 55.6 Å². The van der Waals surface area contributed by atoms with Crippen LogP contribution in [0.1, 0.15) is 23.3 Å². The molecule has 2 aromatic rings. The topological polar surface area (TPSA) is 12.0 Å². The normalized spacial score (nSPS) is 12.6. The number of likely N-dealkylation sites (N-methyl/N-ethyl adjacent to an activating group) is 1. The van der Waals surface area contributed by atoms with Crippen LogP contribution in [0.25, 0.3) is 0 Å². The summed E-state index contributed by atoms with van der Waals surface area (Å²) in [6, 6.07) is 12.6.